The van der Waals surface area contributed by atoms with Crippen LogP contribution < -0.4 is 10.1 Å². The van der Waals surface area contributed by atoms with E-state index in [0.717, 1.165) is 11.1 Å². The summed E-state index contributed by atoms with van der Waals surface area (Å²) in [4.78, 5) is 26.7. The summed E-state index contributed by atoms with van der Waals surface area (Å²) in [5.41, 5.74) is 2.59. The first-order valence-corrected chi connectivity index (χ1v) is 9.37. The van der Waals surface area contributed by atoms with E-state index in [2.05, 4.69) is 5.32 Å². The molecule has 0 saturated carbocycles. The van der Waals surface area contributed by atoms with E-state index in [1.165, 1.54) is 11.2 Å². The maximum absolute atomic E-state index is 12.8. The molecule has 1 aromatic heterocycles. The molecule has 1 heterocycles. The minimum absolute atomic E-state index is 0.107. The molecule has 150 valence electrons. The molecular weight excluding hydrogens is 368 g/mol. The lowest BCUT2D eigenvalue weighted by Crippen LogP contribution is -2.40. The Labute approximate surface area is 170 Å². The van der Waals surface area contributed by atoms with Gasteiger partial charge in [0.05, 0.1) is 12.8 Å². The number of amides is 2. The molecule has 0 aliphatic carbocycles. The molecule has 0 aliphatic heterocycles. The van der Waals surface area contributed by atoms with Gasteiger partial charge in [-0.15, -0.1) is 0 Å². The van der Waals surface area contributed by atoms with Crippen molar-refractivity contribution >= 4 is 17.5 Å². The van der Waals surface area contributed by atoms with Crippen LogP contribution in [0.15, 0.2) is 71.3 Å². The van der Waals surface area contributed by atoms with Crippen molar-refractivity contribution in [2.75, 3.05) is 18.5 Å². The van der Waals surface area contributed by atoms with Crippen LogP contribution >= 0.6 is 0 Å². The zero-order chi connectivity index (χ0) is 20.6. The standard InChI is InChI=1S/C23H24N2O4/c1-17-8-6-9-18(2)23(17)29-16-22(27)25(14-20-12-7-13-28-20)15-21(26)24-19-10-4-3-5-11-19/h3-13H,14-16H2,1-2H3,(H,24,26). The van der Waals surface area contributed by atoms with Gasteiger partial charge in [0.15, 0.2) is 6.61 Å². The summed E-state index contributed by atoms with van der Waals surface area (Å²) in [7, 11) is 0. The largest absolute Gasteiger partial charge is 0.483 e. The van der Waals surface area contributed by atoms with E-state index in [-0.39, 0.29) is 31.5 Å². The van der Waals surface area contributed by atoms with Crippen molar-refractivity contribution in [3.05, 3.63) is 83.8 Å². The van der Waals surface area contributed by atoms with Gasteiger partial charge < -0.3 is 19.4 Å². The zero-order valence-electron chi connectivity index (χ0n) is 16.6. The Morgan fingerprint density at radius 1 is 0.966 bits per heavy atom. The fourth-order valence-corrected chi connectivity index (χ4v) is 2.97. The summed E-state index contributed by atoms with van der Waals surface area (Å²) in [6.07, 6.45) is 1.54. The lowest BCUT2D eigenvalue weighted by molar-refractivity contribution is -0.137. The minimum atomic E-state index is -0.299. The molecular formula is C23H24N2O4. The quantitative estimate of drug-likeness (QED) is 0.630. The molecule has 6 heteroatoms. The fourth-order valence-electron chi connectivity index (χ4n) is 2.97. The third kappa shape index (κ3) is 5.72. The summed E-state index contributed by atoms with van der Waals surface area (Å²) in [5.74, 6) is 0.695. The van der Waals surface area contributed by atoms with Crippen LogP contribution in [-0.4, -0.2) is 29.9 Å². The van der Waals surface area contributed by atoms with Crippen molar-refractivity contribution in [2.24, 2.45) is 0 Å². The maximum atomic E-state index is 12.8. The van der Waals surface area contributed by atoms with Gasteiger partial charge in [0.25, 0.3) is 5.91 Å². The Kier molecular flexibility index (Phi) is 6.68. The number of anilines is 1. The highest BCUT2D eigenvalue weighted by Crippen LogP contribution is 2.22. The van der Waals surface area contributed by atoms with E-state index in [1.807, 2.05) is 50.2 Å². The van der Waals surface area contributed by atoms with Gasteiger partial charge in [-0.1, -0.05) is 36.4 Å². The molecule has 3 rings (SSSR count). The van der Waals surface area contributed by atoms with Gasteiger partial charge in [0.1, 0.15) is 18.1 Å². The van der Waals surface area contributed by atoms with Crippen molar-refractivity contribution in [3.63, 3.8) is 0 Å². The van der Waals surface area contributed by atoms with Crippen molar-refractivity contribution in [2.45, 2.75) is 20.4 Å². The monoisotopic (exact) mass is 392 g/mol. The number of aryl methyl sites for hydroxylation is 2. The van der Waals surface area contributed by atoms with Gasteiger partial charge in [0, 0.05) is 5.69 Å². The van der Waals surface area contributed by atoms with Crippen LogP contribution in [0.3, 0.4) is 0 Å². The van der Waals surface area contributed by atoms with E-state index in [0.29, 0.717) is 17.2 Å². The molecule has 2 aromatic carbocycles. The number of carbonyl (C=O) groups is 2. The maximum Gasteiger partial charge on any atom is 0.261 e. The molecule has 6 nitrogen and oxygen atoms in total. The van der Waals surface area contributed by atoms with E-state index < -0.39 is 0 Å². The highest BCUT2D eigenvalue weighted by molar-refractivity contribution is 5.94. The van der Waals surface area contributed by atoms with Crippen LogP contribution in [0.2, 0.25) is 0 Å². The van der Waals surface area contributed by atoms with Crippen molar-refractivity contribution in [1.82, 2.24) is 4.90 Å². The molecule has 29 heavy (non-hydrogen) atoms. The normalized spacial score (nSPS) is 10.4. The second-order valence-electron chi connectivity index (χ2n) is 6.75. The number of para-hydroxylation sites is 2. The molecule has 0 aliphatic rings. The second-order valence-corrected chi connectivity index (χ2v) is 6.75. The van der Waals surface area contributed by atoms with Crippen LogP contribution in [-0.2, 0) is 16.1 Å². The highest BCUT2D eigenvalue weighted by atomic mass is 16.5. The predicted octanol–water partition coefficient (Wildman–Crippen LogP) is 3.94. The average Bonchev–Trinajstić information content (AvgIpc) is 3.21. The van der Waals surface area contributed by atoms with Gasteiger partial charge in [0.2, 0.25) is 5.91 Å². The van der Waals surface area contributed by atoms with E-state index in [1.54, 1.807) is 24.3 Å². The van der Waals surface area contributed by atoms with Gasteiger partial charge in [-0.3, -0.25) is 9.59 Å². The van der Waals surface area contributed by atoms with E-state index in [4.69, 9.17) is 9.15 Å². The average molecular weight is 392 g/mol. The first-order chi connectivity index (χ1) is 14.0. The van der Waals surface area contributed by atoms with Crippen LogP contribution in [0.25, 0.3) is 0 Å². The number of nitrogens with one attached hydrogen (secondary N) is 1. The number of benzene rings is 2. The number of furan rings is 1. The topological polar surface area (TPSA) is 71.8 Å². The van der Waals surface area contributed by atoms with Crippen molar-refractivity contribution < 1.29 is 18.7 Å². The number of hydrogen-bond donors (Lipinski definition) is 1. The molecule has 0 unspecified atom stereocenters. The first kappa shape index (κ1) is 20.2. The predicted molar refractivity (Wildman–Crippen MR) is 111 cm³/mol. The van der Waals surface area contributed by atoms with E-state index >= 15 is 0 Å². The van der Waals surface area contributed by atoms with Gasteiger partial charge in [-0.05, 0) is 49.2 Å². The number of ether oxygens (including phenoxy) is 1. The third-order valence-corrected chi connectivity index (χ3v) is 4.42. The molecule has 2 amide bonds. The molecule has 0 spiro atoms. The Hall–Kier alpha value is -3.54. The molecule has 0 saturated heterocycles. The Morgan fingerprint density at radius 3 is 2.34 bits per heavy atom. The number of rotatable bonds is 8. The van der Waals surface area contributed by atoms with Crippen LogP contribution in [0.5, 0.6) is 5.75 Å². The van der Waals surface area contributed by atoms with Crippen LogP contribution in [0.1, 0.15) is 16.9 Å². The van der Waals surface area contributed by atoms with E-state index in [9.17, 15) is 9.59 Å². The minimum Gasteiger partial charge on any atom is -0.483 e. The van der Waals surface area contributed by atoms with Crippen molar-refractivity contribution in [3.8, 4) is 5.75 Å². The molecule has 3 aromatic rings. The molecule has 0 radical (unpaired) electrons. The summed E-state index contributed by atoms with van der Waals surface area (Å²) >= 11 is 0. The Balaban J connectivity index is 1.67. The highest BCUT2D eigenvalue weighted by Gasteiger charge is 2.20. The van der Waals surface area contributed by atoms with Crippen LogP contribution in [0, 0.1) is 13.8 Å². The summed E-state index contributed by atoms with van der Waals surface area (Å²) < 4.78 is 11.1. The number of carbonyl (C=O) groups excluding carboxylic acids is 2. The molecule has 1 N–H and O–H groups in total. The first-order valence-electron chi connectivity index (χ1n) is 9.37. The van der Waals surface area contributed by atoms with Crippen molar-refractivity contribution in [1.29, 1.82) is 0 Å². The number of nitrogens with zero attached hydrogens (tertiary/aromatic N) is 1. The second kappa shape index (κ2) is 9.59. The fraction of sp³-hybridized carbons (Fsp3) is 0.217. The van der Waals surface area contributed by atoms with Gasteiger partial charge in [-0.25, -0.2) is 0 Å². The number of hydrogen-bond acceptors (Lipinski definition) is 4. The smallest absolute Gasteiger partial charge is 0.261 e. The summed E-state index contributed by atoms with van der Waals surface area (Å²) in [6.45, 7) is 3.78. The van der Waals surface area contributed by atoms with Crippen LogP contribution in [0.4, 0.5) is 5.69 Å². The SMILES string of the molecule is Cc1cccc(C)c1OCC(=O)N(CC(=O)Nc1ccccc1)Cc1ccco1. The van der Waals surface area contributed by atoms with Gasteiger partial charge in [-0.2, -0.15) is 0 Å². The molecule has 0 atom stereocenters. The molecule has 0 fully saturated rings. The summed E-state index contributed by atoms with van der Waals surface area (Å²) in [6, 6.07) is 18.4. The Morgan fingerprint density at radius 2 is 1.69 bits per heavy atom. The lowest BCUT2D eigenvalue weighted by Gasteiger charge is -2.22. The zero-order valence-corrected chi connectivity index (χ0v) is 16.6. The summed E-state index contributed by atoms with van der Waals surface area (Å²) in [5, 5.41) is 2.79. The lowest BCUT2D eigenvalue weighted by atomic mass is 10.1. The third-order valence-electron chi connectivity index (χ3n) is 4.42. The van der Waals surface area contributed by atoms with Gasteiger partial charge >= 0.3 is 0 Å². The Bertz CT molecular complexity index is 932. The molecule has 0 bridgehead atoms.